The van der Waals surface area contributed by atoms with E-state index in [1.165, 1.54) is 5.69 Å². The number of H-pyrrole nitrogens is 3. The number of imidazole rings is 1. The number of aromatic amines is 3. The van der Waals surface area contributed by atoms with Gasteiger partial charge in [-0.2, -0.15) is 4.98 Å². The summed E-state index contributed by atoms with van der Waals surface area (Å²) in [5, 5.41) is 14.4. The molecule has 0 amide bonds. The number of hydrogen-bond donors (Lipinski definition) is 5. The SMILES string of the molecule is Cc1nc(N2CCN(C(C)c3ccc[nH]3)CC2)nc2[nH]c(-c3c(NCC(O)c4cccc(Cl)c4)cc[nH]c3=O)nc12. The fourth-order valence-corrected chi connectivity index (χ4v) is 5.49. The van der Waals surface area contributed by atoms with Crippen LogP contribution < -0.4 is 15.8 Å². The monoisotopic (exact) mass is 573 g/mol. The zero-order chi connectivity index (χ0) is 28.5. The van der Waals surface area contributed by atoms with Crippen LogP contribution in [0.1, 0.15) is 36.0 Å². The Morgan fingerprint density at radius 3 is 2.63 bits per heavy atom. The Hall–Kier alpha value is -4.19. The fourth-order valence-electron chi connectivity index (χ4n) is 5.29. The van der Waals surface area contributed by atoms with Crippen LogP contribution in [-0.2, 0) is 0 Å². The summed E-state index contributed by atoms with van der Waals surface area (Å²) in [7, 11) is 0. The Labute approximate surface area is 241 Å². The van der Waals surface area contributed by atoms with E-state index in [1.54, 1.807) is 36.5 Å². The maximum absolute atomic E-state index is 13.0. The number of fused-ring (bicyclic) bond motifs is 1. The molecule has 0 spiro atoms. The number of anilines is 2. The van der Waals surface area contributed by atoms with Gasteiger partial charge < -0.3 is 30.3 Å². The molecule has 212 valence electrons. The highest BCUT2D eigenvalue weighted by Gasteiger charge is 2.25. The van der Waals surface area contributed by atoms with Gasteiger partial charge in [0.1, 0.15) is 16.9 Å². The highest BCUT2D eigenvalue weighted by Crippen LogP contribution is 2.28. The molecule has 1 aliphatic heterocycles. The second kappa shape index (κ2) is 11.4. The molecule has 1 saturated heterocycles. The van der Waals surface area contributed by atoms with Crippen LogP contribution in [0.4, 0.5) is 11.6 Å². The normalized spacial score (nSPS) is 15.8. The lowest BCUT2D eigenvalue weighted by molar-refractivity contribution is 0.191. The Bertz CT molecular complexity index is 1710. The topological polar surface area (TPSA) is 142 Å². The number of halogens is 1. The minimum absolute atomic E-state index is 0.175. The number of aryl methyl sites for hydroxylation is 1. The van der Waals surface area contributed by atoms with E-state index in [0.29, 0.717) is 50.8 Å². The zero-order valence-electron chi connectivity index (χ0n) is 22.9. The van der Waals surface area contributed by atoms with E-state index in [4.69, 9.17) is 26.6 Å². The fraction of sp³-hybridized carbons (Fsp3) is 0.310. The van der Waals surface area contributed by atoms with Crippen molar-refractivity contribution in [3.05, 3.63) is 87.2 Å². The van der Waals surface area contributed by atoms with Gasteiger partial charge in [0, 0.05) is 61.9 Å². The maximum atomic E-state index is 13.0. The Kier molecular flexibility index (Phi) is 7.48. The van der Waals surface area contributed by atoms with Crippen LogP contribution in [0.3, 0.4) is 0 Å². The van der Waals surface area contributed by atoms with Gasteiger partial charge in [0.05, 0.1) is 17.5 Å². The number of piperazine rings is 1. The summed E-state index contributed by atoms with van der Waals surface area (Å²) in [5.74, 6) is 1.02. The Morgan fingerprint density at radius 2 is 1.88 bits per heavy atom. The first kappa shape index (κ1) is 27.0. The minimum Gasteiger partial charge on any atom is -0.387 e. The number of nitrogens with one attached hydrogen (secondary N) is 4. The van der Waals surface area contributed by atoms with E-state index < -0.39 is 6.10 Å². The molecule has 0 saturated carbocycles. The van der Waals surface area contributed by atoms with Crippen molar-refractivity contribution in [2.45, 2.75) is 26.0 Å². The molecule has 5 N–H and O–H groups in total. The number of aliphatic hydroxyl groups excluding tert-OH is 1. The molecule has 2 unspecified atom stereocenters. The van der Waals surface area contributed by atoms with Gasteiger partial charge >= 0.3 is 0 Å². The molecule has 2 atom stereocenters. The van der Waals surface area contributed by atoms with Crippen LogP contribution in [0.5, 0.6) is 0 Å². The molecule has 6 rings (SSSR count). The molecule has 1 aromatic carbocycles. The number of rotatable bonds is 8. The molecule has 11 nitrogen and oxygen atoms in total. The summed E-state index contributed by atoms with van der Waals surface area (Å²) in [6.07, 6.45) is 2.69. The smallest absolute Gasteiger partial charge is 0.261 e. The molecule has 0 aliphatic carbocycles. The van der Waals surface area contributed by atoms with Crippen molar-refractivity contribution in [3.63, 3.8) is 0 Å². The van der Waals surface area contributed by atoms with Gasteiger partial charge in [-0.3, -0.25) is 9.69 Å². The first-order valence-electron chi connectivity index (χ1n) is 13.6. The van der Waals surface area contributed by atoms with Crippen molar-refractivity contribution in [3.8, 4) is 11.4 Å². The third-order valence-electron chi connectivity index (χ3n) is 7.64. The van der Waals surface area contributed by atoms with E-state index in [0.717, 1.165) is 31.9 Å². The van der Waals surface area contributed by atoms with Crippen LogP contribution in [0.25, 0.3) is 22.6 Å². The molecular weight excluding hydrogens is 542 g/mol. The minimum atomic E-state index is -0.821. The molecule has 0 bridgehead atoms. The summed E-state index contributed by atoms with van der Waals surface area (Å²) in [6, 6.07) is 13.3. The van der Waals surface area contributed by atoms with Crippen molar-refractivity contribution in [1.82, 2.24) is 34.8 Å². The highest BCUT2D eigenvalue weighted by molar-refractivity contribution is 6.30. The average Bonchev–Trinajstić information content (AvgIpc) is 3.67. The van der Waals surface area contributed by atoms with Gasteiger partial charge in [-0.05, 0) is 49.7 Å². The summed E-state index contributed by atoms with van der Waals surface area (Å²) < 4.78 is 0. The van der Waals surface area contributed by atoms with Gasteiger partial charge in [-0.15, -0.1) is 0 Å². The molecule has 0 radical (unpaired) electrons. The lowest BCUT2D eigenvalue weighted by Gasteiger charge is -2.37. The van der Waals surface area contributed by atoms with Gasteiger partial charge in [0.15, 0.2) is 5.65 Å². The molecule has 41 heavy (non-hydrogen) atoms. The highest BCUT2D eigenvalue weighted by atomic mass is 35.5. The lowest BCUT2D eigenvalue weighted by atomic mass is 10.1. The number of pyridine rings is 1. The summed E-state index contributed by atoms with van der Waals surface area (Å²) in [5.41, 5.74) is 4.34. The van der Waals surface area contributed by atoms with Crippen LogP contribution in [-0.4, -0.2) is 72.6 Å². The third-order valence-corrected chi connectivity index (χ3v) is 7.88. The number of benzene rings is 1. The number of aliphatic hydroxyl groups is 1. The molecule has 1 aliphatic rings. The third kappa shape index (κ3) is 5.56. The Morgan fingerprint density at radius 1 is 1.05 bits per heavy atom. The zero-order valence-corrected chi connectivity index (χ0v) is 23.6. The predicted molar refractivity (Wildman–Crippen MR) is 160 cm³/mol. The van der Waals surface area contributed by atoms with Crippen LogP contribution in [0.15, 0.2) is 59.7 Å². The van der Waals surface area contributed by atoms with Crippen molar-refractivity contribution >= 4 is 34.4 Å². The maximum Gasteiger partial charge on any atom is 0.261 e. The molecular formula is C29H32ClN9O2. The van der Waals surface area contributed by atoms with E-state index in [1.807, 2.05) is 19.2 Å². The lowest BCUT2D eigenvalue weighted by Crippen LogP contribution is -2.47. The molecule has 12 heteroatoms. The van der Waals surface area contributed by atoms with Gasteiger partial charge in [-0.25, -0.2) is 9.97 Å². The van der Waals surface area contributed by atoms with Crippen molar-refractivity contribution in [2.75, 3.05) is 42.9 Å². The number of hydrogen-bond acceptors (Lipinski definition) is 8. The molecule has 5 aromatic rings. The molecule has 5 heterocycles. The van der Waals surface area contributed by atoms with Crippen LogP contribution in [0.2, 0.25) is 5.02 Å². The first-order chi connectivity index (χ1) is 19.9. The molecule has 1 fully saturated rings. The largest absolute Gasteiger partial charge is 0.387 e. The Balaban J connectivity index is 1.22. The van der Waals surface area contributed by atoms with Gasteiger partial charge in [0.2, 0.25) is 5.95 Å². The van der Waals surface area contributed by atoms with E-state index in [9.17, 15) is 9.90 Å². The van der Waals surface area contributed by atoms with E-state index >= 15 is 0 Å². The van der Waals surface area contributed by atoms with Gasteiger partial charge in [-0.1, -0.05) is 23.7 Å². The van der Waals surface area contributed by atoms with Crippen molar-refractivity contribution in [2.24, 2.45) is 0 Å². The number of nitrogens with zero attached hydrogens (tertiary/aromatic N) is 5. The van der Waals surface area contributed by atoms with Crippen LogP contribution in [0, 0.1) is 6.92 Å². The average molecular weight is 574 g/mol. The predicted octanol–water partition coefficient (Wildman–Crippen LogP) is 4.03. The van der Waals surface area contributed by atoms with Gasteiger partial charge in [0.25, 0.3) is 5.56 Å². The quantitative estimate of drug-likeness (QED) is 0.187. The van der Waals surface area contributed by atoms with Crippen LogP contribution >= 0.6 is 11.6 Å². The second-order valence-electron chi connectivity index (χ2n) is 10.3. The number of aromatic nitrogens is 6. The van der Waals surface area contributed by atoms with E-state index in [-0.39, 0.29) is 12.1 Å². The van der Waals surface area contributed by atoms with Crippen molar-refractivity contribution < 1.29 is 5.11 Å². The summed E-state index contributed by atoms with van der Waals surface area (Å²) in [4.78, 5) is 41.1. The van der Waals surface area contributed by atoms with E-state index in [2.05, 4.69) is 43.1 Å². The second-order valence-corrected chi connectivity index (χ2v) is 10.7. The standard InChI is InChI=1S/C29H32ClN9O2/c1-17-25-27(37-29(34-17)39-13-11-38(12-14-39)18(2)21-7-4-9-31-21)36-26(35-25)24-22(8-10-32-28(24)41)33-16-23(40)19-5-3-6-20(30)15-19/h3-10,15,18,23,31,40H,11-14,16H2,1-2H3,(H2,32,33,41)(H,34,35,36,37). The first-order valence-corrected chi connectivity index (χ1v) is 14.0. The van der Waals surface area contributed by atoms with Crippen molar-refractivity contribution in [1.29, 1.82) is 0 Å². The summed E-state index contributed by atoms with van der Waals surface area (Å²) >= 11 is 6.08. The summed E-state index contributed by atoms with van der Waals surface area (Å²) in [6.45, 7) is 7.68. The molecule has 4 aromatic heterocycles.